The minimum Gasteiger partial charge on any atom is -0.330 e. The molecule has 1 atom stereocenters. The van der Waals surface area contributed by atoms with Gasteiger partial charge in [0.1, 0.15) is 0 Å². The van der Waals surface area contributed by atoms with Gasteiger partial charge >= 0.3 is 0 Å². The normalized spacial score (nSPS) is 14.5. The van der Waals surface area contributed by atoms with Gasteiger partial charge in [0.15, 0.2) is 0 Å². The summed E-state index contributed by atoms with van der Waals surface area (Å²) in [7, 11) is -7.23. The van der Waals surface area contributed by atoms with Crippen molar-refractivity contribution >= 4 is 56.3 Å². The lowest BCUT2D eigenvalue weighted by molar-refractivity contribution is 0.445. The van der Waals surface area contributed by atoms with Crippen LogP contribution in [0.1, 0.15) is 25.0 Å². The van der Waals surface area contributed by atoms with Crippen molar-refractivity contribution in [2.24, 2.45) is 0 Å². The van der Waals surface area contributed by atoms with Crippen LogP contribution in [0.4, 0.5) is 5.69 Å². The molecule has 1 unspecified atom stereocenters. The van der Waals surface area contributed by atoms with Crippen LogP contribution >= 0.6 is 30.5 Å². The topological polar surface area (TPSA) is 66.5 Å². The first kappa shape index (κ1) is 27.3. The molecule has 0 spiro atoms. The number of hydrogen-bond donors (Lipinski definition) is 1. The number of nitrogens with one attached hydrogen (secondary N) is 1. The Hall–Kier alpha value is -2.34. The molecule has 0 aliphatic carbocycles. The lowest BCUT2D eigenvalue weighted by atomic mass is 10.2. The van der Waals surface area contributed by atoms with Gasteiger partial charge in [-0.3, -0.25) is 4.57 Å². The molecule has 3 aromatic carbocycles. The lowest BCUT2D eigenvalue weighted by Gasteiger charge is -2.20. The van der Waals surface area contributed by atoms with E-state index in [9.17, 15) is 13.0 Å². The zero-order chi connectivity index (χ0) is 25.5. The van der Waals surface area contributed by atoms with Gasteiger partial charge < -0.3 is 5.09 Å². The Balaban J connectivity index is 2.06. The largest absolute Gasteiger partial charge is 0.330 e. The van der Waals surface area contributed by atoms with Crippen LogP contribution in [0.3, 0.4) is 0 Å². The molecular weight excluding hydrogens is 522 g/mol. The predicted octanol–water partition coefficient (Wildman–Crippen LogP) is 7.88. The summed E-state index contributed by atoms with van der Waals surface area (Å²) in [6.07, 6.45) is 0. The second-order valence-corrected chi connectivity index (χ2v) is 12.5. The van der Waals surface area contributed by atoms with E-state index in [-0.39, 0.29) is 15.0 Å². The molecule has 0 aliphatic rings. The van der Waals surface area contributed by atoms with Gasteiger partial charge in [-0.2, -0.15) is 4.31 Å². The van der Waals surface area contributed by atoms with E-state index in [4.69, 9.17) is 23.2 Å². The maximum Gasteiger partial charge on any atom is 0.243 e. The molecule has 0 aliphatic heterocycles. The Kier molecular flexibility index (Phi) is 9.40. The number of anilines is 1. The molecule has 0 saturated heterocycles. The minimum absolute atomic E-state index is 0.106. The zero-order valence-electron chi connectivity index (χ0n) is 19.4. The molecule has 0 heterocycles. The maximum atomic E-state index is 14.2. The number of benzene rings is 3. The van der Waals surface area contributed by atoms with Crippen LogP contribution < -0.4 is 5.09 Å². The molecule has 0 amide bonds. The standard InChI is InChI=1S/C26H27Cl2N2O3PS/c1-3-30(4-2)35(32,33)24-17-11-16-23(18-24)29-34(31,19-25(27)21-12-7-5-8-13-21)20-26(28)22-14-9-6-10-15-22/h5-20H,3-4H2,1-2H3,(H,29,31)/b25-19-,26-20?. The molecule has 0 bridgehead atoms. The number of sulfonamides is 1. The fourth-order valence-electron chi connectivity index (χ4n) is 3.42. The van der Waals surface area contributed by atoms with E-state index in [2.05, 4.69) is 5.09 Å². The van der Waals surface area contributed by atoms with Gasteiger partial charge in [-0.05, 0) is 29.3 Å². The van der Waals surface area contributed by atoms with Gasteiger partial charge in [0.25, 0.3) is 0 Å². The van der Waals surface area contributed by atoms with Crippen molar-refractivity contribution in [1.82, 2.24) is 4.31 Å². The fourth-order valence-corrected chi connectivity index (χ4v) is 7.77. The number of nitrogens with zero attached hydrogens (tertiary/aromatic N) is 1. The second-order valence-electron chi connectivity index (χ2n) is 7.62. The van der Waals surface area contributed by atoms with Gasteiger partial charge in [-0.25, -0.2) is 8.42 Å². The van der Waals surface area contributed by atoms with Crippen molar-refractivity contribution in [2.45, 2.75) is 18.7 Å². The van der Waals surface area contributed by atoms with E-state index < -0.39 is 17.3 Å². The summed E-state index contributed by atoms with van der Waals surface area (Å²) in [5, 5.41) is 3.55. The highest BCUT2D eigenvalue weighted by atomic mass is 35.5. The molecule has 35 heavy (non-hydrogen) atoms. The van der Waals surface area contributed by atoms with Crippen LogP contribution in [0.25, 0.3) is 10.1 Å². The van der Waals surface area contributed by atoms with Gasteiger partial charge in [0, 0.05) is 30.4 Å². The van der Waals surface area contributed by atoms with Crippen LogP contribution in [0.15, 0.2) is 101 Å². The lowest BCUT2D eigenvalue weighted by Crippen LogP contribution is -2.30. The molecule has 0 saturated carbocycles. The monoisotopic (exact) mass is 548 g/mol. The van der Waals surface area contributed by atoms with Crippen LogP contribution in [-0.4, -0.2) is 25.8 Å². The molecule has 184 valence electrons. The minimum atomic E-state index is -3.69. The van der Waals surface area contributed by atoms with Gasteiger partial charge in [-0.15, -0.1) is 0 Å². The van der Waals surface area contributed by atoms with E-state index in [1.54, 1.807) is 26.0 Å². The summed E-state index contributed by atoms with van der Waals surface area (Å²) in [6, 6.07) is 24.5. The van der Waals surface area contributed by atoms with E-state index >= 15 is 0 Å². The molecule has 3 aromatic rings. The summed E-state index contributed by atoms with van der Waals surface area (Å²) in [4.78, 5) is 0.106. The van der Waals surface area contributed by atoms with E-state index in [1.807, 2.05) is 60.7 Å². The Labute approximate surface area is 217 Å². The van der Waals surface area contributed by atoms with E-state index in [0.29, 0.717) is 29.9 Å². The average molecular weight is 549 g/mol. The highest BCUT2D eigenvalue weighted by Gasteiger charge is 2.24. The maximum absolute atomic E-state index is 14.2. The molecule has 9 heteroatoms. The molecule has 0 radical (unpaired) electrons. The van der Waals surface area contributed by atoms with Gasteiger partial charge in [0.2, 0.25) is 17.3 Å². The number of rotatable bonds is 10. The van der Waals surface area contributed by atoms with Gasteiger partial charge in [0.05, 0.1) is 15.0 Å². The third-order valence-corrected chi connectivity index (χ3v) is 10.1. The summed E-state index contributed by atoms with van der Waals surface area (Å²) in [5.41, 5.74) is 1.75. The molecule has 0 fully saturated rings. The number of hydrogen-bond acceptors (Lipinski definition) is 3. The highest BCUT2D eigenvalue weighted by Crippen LogP contribution is 2.53. The SMILES string of the molecule is CCN(CC)S(=O)(=O)c1cccc(NP(=O)(C=C(Cl)c2ccccc2)/C=C(\Cl)c2ccccc2)c1. The third-order valence-electron chi connectivity index (χ3n) is 5.19. The molecule has 3 rings (SSSR count). The van der Waals surface area contributed by atoms with Crippen LogP contribution in [-0.2, 0) is 14.6 Å². The quantitative estimate of drug-likeness (QED) is 0.261. The molecule has 5 nitrogen and oxygen atoms in total. The summed E-state index contributed by atoms with van der Waals surface area (Å²) < 4.78 is 41.5. The average Bonchev–Trinajstić information content (AvgIpc) is 2.85. The fraction of sp³-hybridized carbons (Fsp3) is 0.154. The van der Waals surface area contributed by atoms with Crippen molar-refractivity contribution in [1.29, 1.82) is 0 Å². The summed E-state index contributed by atoms with van der Waals surface area (Å²) in [6.45, 7) is 4.26. The number of halogens is 2. The second kappa shape index (κ2) is 12.1. The third kappa shape index (κ3) is 7.09. The van der Waals surface area contributed by atoms with Crippen molar-refractivity contribution in [3.05, 3.63) is 108 Å². The summed E-state index contributed by atoms with van der Waals surface area (Å²) >= 11 is 13.1. The first-order chi connectivity index (χ1) is 16.7. The molecule has 0 aromatic heterocycles. The van der Waals surface area contributed by atoms with Crippen molar-refractivity contribution in [2.75, 3.05) is 18.2 Å². The zero-order valence-corrected chi connectivity index (χ0v) is 22.7. The Morgan fingerprint density at radius 1 is 0.829 bits per heavy atom. The first-order valence-corrected chi connectivity index (χ1v) is 15.1. The van der Waals surface area contributed by atoms with Crippen molar-refractivity contribution in [3.8, 4) is 0 Å². The highest BCUT2D eigenvalue weighted by molar-refractivity contribution is 7.89. The Morgan fingerprint density at radius 3 is 1.77 bits per heavy atom. The van der Waals surface area contributed by atoms with Crippen LogP contribution in [0.2, 0.25) is 0 Å². The smallest absolute Gasteiger partial charge is 0.243 e. The van der Waals surface area contributed by atoms with Crippen LogP contribution in [0.5, 0.6) is 0 Å². The van der Waals surface area contributed by atoms with Gasteiger partial charge in [-0.1, -0.05) is 104 Å². The Morgan fingerprint density at radius 2 is 1.31 bits per heavy atom. The molecular formula is C26H27Cl2N2O3PS. The Bertz CT molecular complexity index is 1300. The van der Waals surface area contributed by atoms with E-state index in [0.717, 1.165) is 0 Å². The molecule has 1 N–H and O–H groups in total. The first-order valence-electron chi connectivity index (χ1n) is 11.0. The van der Waals surface area contributed by atoms with Crippen molar-refractivity contribution in [3.63, 3.8) is 0 Å². The van der Waals surface area contributed by atoms with E-state index in [1.165, 1.54) is 28.1 Å². The predicted molar refractivity (Wildman–Crippen MR) is 148 cm³/mol. The van der Waals surface area contributed by atoms with Crippen molar-refractivity contribution < 1.29 is 13.0 Å². The van der Waals surface area contributed by atoms with Crippen LogP contribution in [0, 0.1) is 0 Å². The summed E-state index contributed by atoms with van der Waals surface area (Å²) in [5.74, 6) is 2.86.